The quantitative estimate of drug-likeness (QED) is 0.563. The lowest BCUT2D eigenvalue weighted by atomic mass is 10.1. The molecule has 0 saturated carbocycles. The first-order valence-corrected chi connectivity index (χ1v) is 6.39. The van der Waals surface area contributed by atoms with E-state index in [-0.39, 0.29) is 0 Å². The fourth-order valence-electron chi connectivity index (χ4n) is 1.01. The van der Waals surface area contributed by atoms with Crippen molar-refractivity contribution in [1.29, 1.82) is 0 Å². The van der Waals surface area contributed by atoms with Crippen molar-refractivity contribution in [2.75, 3.05) is 0 Å². The molecule has 0 aliphatic rings. The zero-order valence-corrected chi connectivity index (χ0v) is 12.0. The summed E-state index contributed by atoms with van der Waals surface area (Å²) < 4.78 is 0. The molecule has 0 nitrogen and oxygen atoms in total. The second-order valence-corrected chi connectivity index (χ2v) is 2.28. The van der Waals surface area contributed by atoms with Crippen molar-refractivity contribution in [1.82, 2.24) is 0 Å². The third kappa shape index (κ3) is 11.1. The van der Waals surface area contributed by atoms with Gasteiger partial charge in [0.25, 0.3) is 0 Å². The lowest BCUT2D eigenvalue weighted by Gasteiger charge is -1.98. The van der Waals surface area contributed by atoms with Gasteiger partial charge in [0.2, 0.25) is 0 Å². The molecule has 0 spiro atoms. The summed E-state index contributed by atoms with van der Waals surface area (Å²) in [5.74, 6) is 0. The van der Waals surface area contributed by atoms with Gasteiger partial charge in [0.1, 0.15) is 0 Å². The molecular formula is C15H30. The first-order valence-electron chi connectivity index (χ1n) is 6.39. The topological polar surface area (TPSA) is 0 Å². The van der Waals surface area contributed by atoms with Crippen molar-refractivity contribution in [3.63, 3.8) is 0 Å². The van der Waals surface area contributed by atoms with Crippen molar-refractivity contribution in [3.05, 3.63) is 35.4 Å². The molecule has 0 atom stereocenters. The van der Waals surface area contributed by atoms with Crippen LogP contribution < -0.4 is 0 Å². The molecule has 0 saturated heterocycles. The van der Waals surface area contributed by atoms with Gasteiger partial charge < -0.3 is 0 Å². The molecule has 0 amide bonds. The average Bonchev–Trinajstić information content (AvgIpc) is 2.37. The Bertz CT molecular complexity index is 189. The van der Waals surface area contributed by atoms with E-state index in [4.69, 9.17) is 0 Å². The van der Waals surface area contributed by atoms with Crippen LogP contribution in [0.2, 0.25) is 0 Å². The molecule has 0 aliphatic carbocycles. The second kappa shape index (κ2) is 18.9. The Hall–Kier alpha value is -0.780. The lowest BCUT2D eigenvalue weighted by molar-refractivity contribution is 1.11. The Balaban J connectivity index is -0.000000208. The molecule has 0 heterocycles. The van der Waals surface area contributed by atoms with Crippen LogP contribution in [0.3, 0.4) is 0 Å². The maximum absolute atomic E-state index is 2.18. The fraction of sp³-hybridized carbons (Fsp3) is 0.600. The molecule has 0 aliphatic heterocycles. The van der Waals surface area contributed by atoms with Gasteiger partial charge in [-0.3, -0.25) is 0 Å². The van der Waals surface area contributed by atoms with Crippen LogP contribution in [0.1, 0.15) is 59.6 Å². The van der Waals surface area contributed by atoms with E-state index in [2.05, 4.69) is 38.1 Å². The standard InChI is InChI=1S/C9H12.3C2H6/c1-3-9-7-5-4-6-8(9)2;3*1-2/h4-7H,3H2,1-2H3;3*1-2H3. The minimum Gasteiger partial charge on any atom is -0.0683 e. The van der Waals surface area contributed by atoms with Crippen LogP contribution in [-0.2, 0) is 6.42 Å². The van der Waals surface area contributed by atoms with Gasteiger partial charge in [0, 0.05) is 0 Å². The number of benzene rings is 1. The number of aryl methyl sites for hydroxylation is 2. The Kier molecular flexibility index (Phi) is 24.9. The molecule has 90 valence electrons. The molecule has 0 heteroatoms. The predicted molar refractivity (Wildman–Crippen MR) is 74.6 cm³/mol. The summed E-state index contributed by atoms with van der Waals surface area (Å²) in [6.45, 7) is 16.3. The van der Waals surface area contributed by atoms with Crippen molar-refractivity contribution in [2.45, 2.75) is 61.8 Å². The van der Waals surface area contributed by atoms with Gasteiger partial charge in [-0.2, -0.15) is 0 Å². The van der Waals surface area contributed by atoms with Crippen molar-refractivity contribution >= 4 is 0 Å². The maximum Gasteiger partial charge on any atom is -0.0305 e. The minimum atomic E-state index is 1.15. The maximum atomic E-state index is 2.18. The van der Waals surface area contributed by atoms with E-state index in [0.717, 1.165) is 6.42 Å². The summed E-state index contributed by atoms with van der Waals surface area (Å²) in [4.78, 5) is 0. The Morgan fingerprint density at radius 2 is 1.20 bits per heavy atom. The van der Waals surface area contributed by atoms with Crippen LogP contribution in [0.15, 0.2) is 24.3 Å². The first-order chi connectivity index (χ1) is 7.34. The van der Waals surface area contributed by atoms with E-state index in [0.29, 0.717) is 0 Å². The highest BCUT2D eigenvalue weighted by atomic mass is 13.9. The van der Waals surface area contributed by atoms with Crippen molar-refractivity contribution < 1.29 is 0 Å². The smallest absolute Gasteiger partial charge is 0.0305 e. The molecule has 0 unspecified atom stereocenters. The van der Waals surface area contributed by atoms with Crippen LogP contribution in [0.5, 0.6) is 0 Å². The highest BCUT2D eigenvalue weighted by molar-refractivity contribution is 5.24. The summed E-state index contributed by atoms with van der Waals surface area (Å²) in [6, 6.07) is 8.49. The molecule has 1 rings (SSSR count). The third-order valence-corrected chi connectivity index (χ3v) is 1.64. The van der Waals surface area contributed by atoms with E-state index < -0.39 is 0 Å². The molecule has 0 radical (unpaired) electrons. The molecule has 0 aromatic heterocycles. The first kappa shape index (κ1) is 19.7. The Labute approximate surface area is 97.7 Å². The molecule has 1 aromatic rings. The summed E-state index contributed by atoms with van der Waals surface area (Å²) in [5.41, 5.74) is 2.86. The van der Waals surface area contributed by atoms with Gasteiger partial charge in [-0.05, 0) is 24.5 Å². The Morgan fingerprint density at radius 1 is 0.800 bits per heavy atom. The van der Waals surface area contributed by atoms with E-state index >= 15 is 0 Å². The number of rotatable bonds is 1. The van der Waals surface area contributed by atoms with Gasteiger partial charge in [0.05, 0.1) is 0 Å². The third-order valence-electron chi connectivity index (χ3n) is 1.64. The highest BCUT2D eigenvalue weighted by Crippen LogP contribution is 2.06. The molecule has 0 bridgehead atoms. The minimum absolute atomic E-state index is 1.15. The summed E-state index contributed by atoms with van der Waals surface area (Å²) >= 11 is 0. The second-order valence-electron chi connectivity index (χ2n) is 2.28. The van der Waals surface area contributed by atoms with Crippen LogP contribution in [0, 0.1) is 6.92 Å². The van der Waals surface area contributed by atoms with Gasteiger partial charge >= 0.3 is 0 Å². The molecule has 0 N–H and O–H groups in total. The monoisotopic (exact) mass is 210 g/mol. The van der Waals surface area contributed by atoms with E-state index in [1.807, 2.05) is 41.5 Å². The van der Waals surface area contributed by atoms with E-state index in [9.17, 15) is 0 Å². The number of hydrogen-bond donors (Lipinski definition) is 0. The molecule has 1 aromatic carbocycles. The Morgan fingerprint density at radius 3 is 1.47 bits per heavy atom. The molecule has 0 fully saturated rings. The number of hydrogen-bond acceptors (Lipinski definition) is 0. The summed E-state index contributed by atoms with van der Waals surface area (Å²) in [7, 11) is 0. The largest absolute Gasteiger partial charge is 0.0683 e. The predicted octanol–water partition coefficient (Wildman–Crippen LogP) is 5.64. The van der Waals surface area contributed by atoms with Gasteiger partial charge in [0.15, 0.2) is 0 Å². The van der Waals surface area contributed by atoms with E-state index in [1.54, 1.807) is 0 Å². The van der Waals surface area contributed by atoms with Crippen molar-refractivity contribution in [3.8, 4) is 0 Å². The zero-order valence-electron chi connectivity index (χ0n) is 12.0. The molecular weight excluding hydrogens is 180 g/mol. The van der Waals surface area contributed by atoms with Crippen LogP contribution >= 0.6 is 0 Å². The highest BCUT2D eigenvalue weighted by Gasteiger charge is 1.89. The summed E-state index contributed by atoms with van der Waals surface area (Å²) in [5, 5.41) is 0. The average molecular weight is 210 g/mol. The van der Waals surface area contributed by atoms with E-state index in [1.165, 1.54) is 11.1 Å². The van der Waals surface area contributed by atoms with Crippen LogP contribution in [0.4, 0.5) is 0 Å². The van der Waals surface area contributed by atoms with Gasteiger partial charge in [-0.25, -0.2) is 0 Å². The lowest BCUT2D eigenvalue weighted by Crippen LogP contribution is -1.82. The van der Waals surface area contributed by atoms with Crippen LogP contribution in [0.25, 0.3) is 0 Å². The van der Waals surface area contributed by atoms with Gasteiger partial charge in [-0.1, -0.05) is 72.7 Å². The SMILES string of the molecule is CC.CC.CC.CCc1ccccc1C. The normalized spacial score (nSPS) is 6.93. The van der Waals surface area contributed by atoms with Crippen molar-refractivity contribution in [2.24, 2.45) is 0 Å². The summed E-state index contributed by atoms with van der Waals surface area (Å²) in [6.07, 6.45) is 1.15. The zero-order chi connectivity index (χ0) is 12.7. The molecule has 15 heavy (non-hydrogen) atoms. The van der Waals surface area contributed by atoms with Crippen LogP contribution in [-0.4, -0.2) is 0 Å². The fourth-order valence-corrected chi connectivity index (χ4v) is 1.01. The van der Waals surface area contributed by atoms with Gasteiger partial charge in [-0.15, -0.1) is 0 Å².